The third kappa shape index (κ3) is 1.67. The Hall–Kier alpha value is -1.05. The Morgan fingerprint density at radius 3 is 3.00 bits per heavy atom. The summed E-state index contributed by atoms with van der Waals surface area (Å²) < 4.78 is 5.05. The van der Waals surface area contributed by atoms with E-state index in [-0.39, 0.29) is 5.97 Å². The molecule has 0 aliphatic heterocycles. The first-order valence-electron chi connectivity index (χ1n) is 4.76. The fourth-order valence-electron chi connectivity index (χ4n) is 2.14. The fourth-order valence-corrected chi connectivity index (χ4v) is 2.14. The molecule has 0 unspecified atom stereocenters. The van der Waals surface area contributed by atoms with Crippen LogP contribution in [0.3, 0.4) is 0 Å². The van der Waals surface area contributed by atoms with Gasteiger partial charge in [-0.3, -0.25) is 4.79 Å². The molecule has 2 nitrogen and oxygen atoms in total. The van der Waals surface area contributed by atoms with Gasteiger partial charge < -0.3 is 4.74 Å². The number of ether oxygens (including phenoxy) is 1. The quantitative estimate of drug-likeness (QED) is 0.477. The van der Waals surface area contributed by atoms with Crippen LogP contribution in [-0.4, -0.2) is 12.6 Å². The number of carbonyl (C=O) groups excluding carboxylic acids is 1. The summed E-state index contributed by atoms with van der Waals surface area (Å²) in [4.78, 5) is 10.7. The van der Waals surface area contributed by atoms with Crippen molar-refractivity contribution in [1.29, 1.82) is 0 Å². The first-order valence-corrected chi connectivity index (χ1v) is 4.76. The Bertz CT molecular complexity index is 263. The second-order valence-electron chi connectivity index (χ2n) is 3.76. The highest BCUT2D eigenvalue weighted by molar-refractivity contribution is 5.65. The molecule has 0 spiro atoms. The molecule has 0 aromatic carbocycles. The molecule has 0 amide bonds. The van der Waals surface area contributed by atoms with E-state index in [1.54, 1.807) is 0 Å². The lowest BCUT2D eigenvalue weighted by Gasteiger charge is -2.25. The van der Waals surface area contributed by atoms with Crippen molar-refractivity contribution in [3.8, 4) is 0 Å². The van der Waals surface area contributed by atoms with Crippen molar-refractivity contribution in [3.05, 3.63) is 24.3 Å². The zero-order chi connectivity index (χ0) is 9.26. The van der Waals surface area contributed by atoms with Gasteiger partial charge in [-0.25, -0.2) is 0 Å². The van der Waals surface area contributed by atoms with E-state index in [9.17, 15) is 4.79 Å². The average Bonchev–Trinajstić information content (AvgIpc) is 2.34. The predicted molar refractivity (Wildman–Crippen MR) is 50.0 cm³/mol. The summed E-state index contributed by atoms with van der Waals surface area (Å²) in [6, 6.07) is 0. The van der Waals surface area contributed by atoms with E-state index in [2.05, 4.69) is 24.3 Å². The highest BCUT2D eigenvalue weighted by Gasteiger charge is 2.32. The number of carbonyl (C=O) groups is 1. The van der Waals surface area contributed by atoms with E-state index in [1.165, 1.54) is 6.92 Å². The largest absolute Gasteiger partial charge is 0.466 e. The van der Waals surface area contributed by atoms with E-state index in [4.69, 9.17) is 4.74 Å². The highest BCUT2D eigenvalue weighted by Crippen LogP contribution is 2.38. The summed E-state index contributed by atoms with van der Waals surface area (Å²) in [6.07, 6.45) is 10.0. The van der Waals surface area contributed by atoms with Crippen molar-refractivity contribution in [3.63, 3.8) is 0 Å². The first-order chi connectivity index (χ1) is 6.27. The fraction of sp³-hybridized carbons (Fsp3) is 0.545. The molecular formula is C11H14O2. The third-order valence-corrected chi connectivity index (χ3v) is 2.87. The summed E-state index contributed by atoms with van der Waals surface area (Å²) in [5.74, 6) is 1.41. The van der Waals surface area contributed by atoms with Crippen molar-refractivity contribution in [2.24, 2.45) is 17.8 Å². The molecule has 70 valence electrons. The van der Waals surface area contributed by atoms with E-state index >= 15 is 0 Å². The minimum atomic E-state index is -0.172. The second-order valence-corrected chi connectivity index (χ2v) is 3.76. The zero-order valence-corrected chi connectivity index (χ0v) is 7.77. The van der Waals surface area contributed by atoms with E-state index in [1.807, 2.05) is 0 Å². The number of hydrogen-bond donors (Lipinski definition) is 0. The van der Waals surface area contributed by atoms with Gasteiger partial charge in [-0.05, 0) is 12.3 Å². The molecule has 0 heterocycles. The normalized spacial score (nSPS) is 35.0. The predicted octanol–water partition coefficient (Wildman–Crippen LogP) is 1.93. The Labute approximate surface area is 78.3 Å². The lowest BCUT2D eigenvalue weighted by Crippen LogP contribution is -2.24. The summed E-state index contributed by atoms with van der Waals surface area (Å²) in [6.45, 7) is 2.04. The lowest BCUT2D eigenvalue weighted by atomic mass is 9.82. The molecule has 0 aromatic heterocycles. The van der Waals surface area contributed by atoms with E-state index in [0.717, 1.165) is 6.42 Å². The molecule has 0 radical (unpaired) electrons. The minimum absolute atomic E-state index is 0.172. The van der Waals surface area contributed by atoms with Gasteiger partial charge in [0.2, 0.25) is 0 Å². The van der Waals surface area contributed by atoms with Gasteiger partial charge in [0.25, 0.3) is 0 Å². The number of esters is 1. The van der Waals surface area contributed by atoms with Crippen molar-refractivity contribution in [1.82, 2.24) is 0 Å². The van der Waals surface area contributed by atoms with Gasteiger partial charge in [-0.2, -0.15) is 0 Å². The van der Waals surface area contributed by atoms with Gasteiger partial charge in [0.15, 0.2) is 0 Å². The van der Waals surface area contributed by atoms with Crippen LogP contribution in [-0.2, 0) is 9.53 Å². The van der Waals surface area contributed by atoms with Gasteiger partial charge in [0, 0.05) is 18.8 Å². The molecule has 2 aliphatic rings. The summed E-state index contributed by atoms with van der Waals surface area (Å²) in [5.41, 5.74) is 0. The number of rotatable bonds is 2. The average molecular weight is 178 g/mol. The molecular weight excluding hydrogens is 164 g/mol. The van der Waals surface area contributed by atoms with E-state index in [0.29, 0.717) is 24.4 Å². The maximum Gasteiger partial charge on any atom is 0.302 e. The van der Waals surface area contributed by atoms with Crippen molar-refractivity contribution >= 4 is 5.97 Å². The van der Waals surface area contributed by atoms with Crippen LogP contribution < -0.4 is 0 Å². The van der Waals surface area contributed by atoms with Gasteiger partial charge in [0.1, 0.15) is 0 Å². The number of fused-ring (bicyclic) bond motifs is 2. The minimum Gasteiger partial charge on any atom is -0.466 e. The first kappa shape index (κ1) is 8.54. The van der Waals surface area contributed by atoms with Crippen molar-refractivity contribution in [2.45, 2.75) is 13.3 Å². The zero-order valence-electron chi connectivity index (χ0n) is 7.77. The van der Waals surface area contributed by atoms with Crippen LogP contribution in [0.15, 0.2) is 24.3 Å². The SMILES string of the molecule is CC(=O)OC[C@@H]1[C@@H]2C=CC[C@@H]1C=C2. The molecule has 2 aliphatic carbocycles. The summed E-state index contributed by atoms with van der Waals surface area (Å²) in [7, 11) is 0. The monoisotopic (exact) mass is 178 g/mol. The number of allylic oxidation sites excluding steroid dienone is 4. The second kappa shape index (κ2) is 3.36. The maximum absolute atomic E-state index is 10.7. The molecule has 0 fully saturated rings. The Kier molecular flexibility index (Phi) is 2.21. The molecule has 2 heteroatoms. The van der Waals surface area contributed by atoms with Crippen LogP contribution in [0, 0.1) is 17.8 Å². The van der Waals surface area contributed by atoms with Crippen molar-refractivity contribution in [2.75, 3.05) is 6.61 Å². The van der Waals surface area contributed by atoms with Crippen LogP contribution in [0.2, 0.25) is 0 Å². The smallest absolute Gasteiger partial charge is 0.302 e. The van der Waals surface area contributed by atoms with Crippen LogP contribution in [0.1, 0.15) is 13.3 Å². The Morgan fingerprint density at radius 1 is 1.46 bits per heavy atom. The Balaban J connectivity index is 1.95. The summed E-state index contributed by atoms with van der Waals surface area (Å²) in [5, 5.41) is 0. The van der Waals surface area contributed by atoms with Gasteiger partial charge in [-0.15, -0.1) is 0 Å². The van der Waals surface area contributed by atoms with Crippen LogP contribution in [0.4, 0.5) is 0 Å². The Morgan fingerprint density at radius 2 is 2.31 bits per heavy atom. The number of hydrogen-bond acceptors (Lipinski definition) is 2. The van der Waals surface area contributed by atoms with Crippen molar-refractivity contribution < 1.29 is 9.53 Å². The molecule has 3 atom stereocenters. The molecule has 2 rings (SSSR count). The molecule has 0 saturated carbocycles. The van der Waals surface area contributed by atoms with Crippen LogP contribution in [0.5, 0.6) is 0 Å². The molecule has 0 aromatic rings. The highest BCUT2D eigenvalue weighted by atomic mass is 16.5. The summed E-state index contributed by atoms with van der Waals surface area (Å²) >= 11 is 0. The lowest BCUT2D eigenvalue weighted by molar-refractivity contribution is -0.142. The van der Waals surface area contributed by atoms with Gasteiger partial charge in [0.05, 0.1) is 6.61 Å². The van der Waals surface area contributed by atoms with E-state index < -0.39 is 0 Å². The topological polar surface area (TPSA) is 26.3 Å². The molecule has 0 saturated heterocycles. The molecule has 2 bridgehead atoms. The standard InChI is InChI=1S/C11H14O2/c1-8(12)13-7-11-9-3-2-4-10(11)6-5-9/h2-3,5-6,9-11H,4,7H2,1H3/t9-,10-,11-/m1/s1. The van der Waals surface area contributed by atoms with Gasteiger partial charge in [-0.1, -0.05) is 24.3 Å². The van der Waals surface area contributed by atoms with Crippen LogP contribution in [0.25, 0.3) is 0 Å². The maximum atomic E-state index is 10.7. The van der Waals surface area contributed by atoms with Crippen LogP contribution >= 0.6 is 0 Å². The molecule has 13 heavy (non-hydrogen) atoms. The third-order valence-electron chi connectivity index (χ3n) is 2.87. The van der Waals surface area contributed by atoms with Gasteiger partial charge >= 0.3 is 5.97 Å². The molecule has 0 N–H and O–H groups in total.